The van der Waals surface area contributed by atoms with Gasteiger partial charge in [-0.25, -0.2) is 0 Å². The summed E-state index contributed by atoms with van der Waals surface area (Å²) in [5, 5.41) is 4.22. The van der Waals surface area contributed by atoms with Gasteiger partial charge in [0.15, 0.2) is 5.82 Å². The van der Waals surface area contributed by atoms with E-state index in [4.69, 9.17) is 10.3 Å². The molecule has 1 aromatic heterocycles. The third-order valence-corrected chi connectivity index (χ3v) is 4.20. The molecule has 0 radical (unpaired) electrons. The van der Waals surface area contributed by atoms with Crippen LogP contribution in [-0.2, 0) is 0 Å². The Labute approximate surface area is 116 Å². The molecule has 2 N–H and O–H groups in total. The zero-order chi connectivity index (χ0) is 13.5. The highest BCUT2D eigenvalue weighted by atomic mass is 16.5. The predicted octanol–water partition coefficient (Wildman–Crippen LogP) is 3.74. The number of nitrogens with zero attached hydrogens (tertiary/aromatic N) is 2. The summed E-state index contributed by atoms with van der Waals surface area (Å²) in [4.78, 5) is 4.64. The van der Waals surface area contributed by atoms with Crippen molar-refractivity contribution in [3.8, 4) is 0 Å². The standard InChI is InChI=1S/C15H27N3O/c1-2-8-13(11-16)15-17-14(18-19-15)12-9-6-4-3-5-7-10-12/h12-13H,2-11,16H2,1H3. The lowest BCUT2D eigenvalue weighted by Gasteiger charge is -2.16. The van der Waals surface area contributed by atoms with Crippen LogP contribution in [0.15, 0.2) is 4.52 Å². The Hall–Kier alpha value is -0.900. The van der Waals surface area contributed by atoms with Crippen LogP contribution in [0.4, 0.5) is 0 Å². The second-order valence-corrected chi connectivity index (χ2v) is 5.75. The minimum Gasteiger partial charge on any atom is -0.339 e. The molecule has 1 saturated carbocycles. The second kappa shape index (κ2) is 7.63. The van der Waals surface area contributed by atoms with Crippen molar-refractivity contribution in [2.24, 2.45) is 5.73 Å². The van der Waals surface area contributed by atoms with Gasteiger partial charge in [0, 0.05) is 12.5 Å². The molecule has 1 atom stereocenters. The lowest BCUT2D eigenvalue weighted by molar-refractivity contribution is 0.337. The van der Waals surface area contributed by atoms with E-state index in [1.54, 1.807) is 0 Å². The molecule has 1 unspecified atom stereocenters. The molecule has 4 nitrogen and oxygen atoms in total. The van der Waals surface area contributed by atoms with E-state index in [2.05, 4.69) is 17.1 Å². The molecule has 0 bridgehead atoms. The van der Waals surface area contributed by atoms with E-state index in [0.29, 0.717) is 12.5 Å². The number of hydrogen-bond donors (Lipinski definition) is 1. The molecule has 2 rings (SSSR count). The van der Waals surface area contributed by atoms with Crippen LogP contribution in [0, 0.1) is 0 Å². The Balaban J connectivity index is 2.01. The fourth-order valence-electron chi connectivity index (χ4n) is 2.98. The van der Waals surface area contributed by atoms with Crippen molar-refractivity contribution < 1.29 is 4.52 Å². The molecule has 19 heavy (non-hydrogen) atoms. The normalized spacial score (nSPS) is 19.9. The van der Waals surface area contributed by atoms with Gasteiger partial charge in [-0.3, -0.25) is 0 Å². The zero-order valence-corrected chi connectivity index (χ0v) is 12.1. The van der Waals surface area contributed by atoms with Gasteiger partial charge in [0.1, 0.15) is 0 Å². The van der Waals surface area contributed by atoms with Gasteiger partial charge < -0.3 is 10.3 Å². The molecule has 4 heteroatoms. The van der Waals surface area contributed by atoms with E-state index >= 15 is 0 Å². The summed E-state index contributed by atoms with van der Waals surface area (Å²) in [7, 11) is 0. The minimum atomic E-state index is 0.236. The highest BCUT2D eigenvalue weighted by Crippen LogP contribution is 2.30. The summed E-state index contributed by atoms with van der Waals surface area (Å²) in [6.45, 7) is 2.76. The summed E-state index contributed by atoms with van der Waals surface area (Å²) < 4.78 is 5.45. The van der Waals surface area contributed by atoms with Crippen LogP contribution in [0.5, 0.6) is 0 Å². The number of hydrogen-bond acceptors (Lipinski definition) is 4. The molecule has 0 spiro atoms. The zero-order valence-electron chi connectivity index (χ0n) is 12.1. The molecule has 0 aromatic carbocycles. The maximum Gasteiger partial charge on any atom is 0.231 e. The van der Waals surface area contributed by atoms with Crippen molar-refractivity contribution in [2.75, 3.05) is 6.54 Å². The van der Waals surface area contributed by atoms with Crippen LogP contribution in [0.25, 0.3) is 0 Å². The molecular formula is C15H27N3O. The average molecular weight is 265 g/mol. The maximum absolute atomic E-state index is 5.80. The van der Waals surface area contributed by atoms with Gasteiger partial charge in [0.05, 0.1) is 5.92 Å². The van der Waals surface area contributed by atoms with E-state index in [0.717, 1.165) is 24.6 Å². The monoisotopic (exact) mass is 265 g/mol. The van der Waals surface area contributed by atoms with Crippen molar-refractivity contribution >= 4 is 0 Å². The van der Waals surface area contributed by atoms with Gasteiger partial charge in [0.25, 0.3) is 0 Å². The van der Waals surface area contributed by atoms with E-state index in [-0.39, 0.29) is 5.92 Å². The Morgan fingerprint density at radius 1 is 1.21 bits per heavy atom. The first-order valence-corrected chi connectivity index (χ1v) is 7.88. The van der Waals surface area contributed by atoms with Crippen LogP contribution in [0.3, 0.4) is 0 Å². The molecular weight excluding hydrogens is 238 g/mol. The summed E-state index contributed by atoms with van der Waals surface area (Å²) >= 11 is 0. The van der Waals surface area contributed by atoms with Crippen molar-refractivity contribution in [2.45, 2.75) is 76.5 Å². The van der Waals surface area contributed by atoms with Crippen LogP contribution in [0.1, 0.15) is 88.3 Å². The molecule has 1 aliphatic carbocycles. The van der Waals surface area contributed by atoms with Crippen LogP contribution >= 0.6 is 0 Å². The van der Waals surface area contributed by atoms with Crippen molar-refractivity contribution in [1.82, 2.24) is 10.1 Å². The Bertz CT molecular complexity index is 356. The molecule has 0 saturated heterocycles. The summed E-state index contributed by atoms with van der Waals surface area (Å²) in [6, 6.07) is 0. The fraction of sp³-hybridized carbons (Fsp3) is 0.867. The summed E-state index contributed by atoms with van der Waals surface area (Å²) in [6.07, 6.45) is 11.2. The summed E-state index contributed by atoms with van der Waals surface area (Å²) in [5.74, 6) is 2.41. The molecule has 1 aromatic rings. The van der Waals surface area contributed by atoms with E-state index < -0.39 is 0 Å². The Morgan fingerprint density at radius 3 is 2.53 bits per heavy atom. The smallest absolute Gasteiger partial charge is 0.231 e. The Morgan fingerprint density at radius 2 is 1.89 bits per heavy atom. The van der Waals surface area contributed by atoms with Gasteiger partial charge in [-0.1, -0.05) is 50.6 Å². The third-order valence-electron chi connectivity index (χ3n) is 4.20. The first-order chi connectivity index (χ1) is 9.35. The van der Waals surface area contributed by atoms with Crippen molar-refractivity contribution in [3.63, 3.8) is 0 Å². The topological polar surface area (TPSA) is 64.9 Å². The average Bonchev–Trinajstić information content (AvgIpc) is 2.85. The molecule has 0 aliphatic heterocycles. The van der Waals surface area contributed by atoms with Gasteiger partial charge >= 0.3 is 0 Å². The molecule has 1 fully saturated rings. The van der Waals surface area contributed by atoms with Crippen molar-refractivity contribution in [1.29, 1.82) is 0 Å². The minimum absolute atomic E-state index is 0.236. The molecule has 0 amide bonds. The fourth-order valence-corrected chi connectivity index (χ4v) is 2.98. The number of aromatic nitrogens is 2. The molecule has 1 heterocycles. The molecule has 1 aliphatic rings. The predicted molar refractivity (Wildman–Crippen MR) is 76.1 cm³/mol. The van der Waals surface area contributed by atoms with Gasteiger partial charge in [-0.05, 0) is 19.3 Å². The van der Waals surface area contributed by atoms with E-state index in [1.807, 2.05) is 0 Å². The lowest BCUT2D eigenvalue weighted by atomic mass is 9.91. The first-order valence-electron chi connectivity index (χ1n) is 7.88. The Kier molecular flexibility index (Phi) is 5.83. The van der Waals surface area contributed by atoms with Crippen LogP contribution in [-0.4, -0.2) is 16.7 Å². The van der Waals surface area contributed by atoms with Gasteiger partial charge in [-0.2, -0.15) is 4.98 Å². The highest BCUT2D eigenvalue weighted by molar-refractivity contribution is 5.00. The molecule has 108 valence electrons. The number of rotatable bonds is 5. The van der Waals surface area contributed by atoms with Crippen LogP contribution < -0.4 is 5.73 Å². The lowest BCUT2D eigenvalue weighted by Crippen LogP contribution is -2.13. The number of nitrogens with two attached hydrogens (primary N) is 1. The largest absolute Gasteiger partial charge is 0.339 e. The highest BCUT2D eigenvalue weighted by Gasteiger charge is 2.22. The maximum atomic E-state index is 5.80. The van der Waals surface area contributed by atoms with E-state index in [9.17, 15) is 0 Å². The first kappa shape index (κ1) is 14.5. The van der Waals surface area contributed by atoms with E-state index in [1.165, 1.54) is 44.9 Å². The SMILES string of the molecule is CCCC(CN)c1nc(C2CCCCCCC2)no1. The van der Waals surface area contributed by atoms with Crippen LogP contribution in [0.2, 0.25) is 0 Å². The van der Waals surface area contributed by atoms with Crippen molar-refractivity contribution in [3.05, 3.63) is 11.7 Å². The quantitative estimate of drug-likeness (QED) is 0.880. The second-order valence-electron chi connectivity index (χ2n) is 5.75. The van der Waals surface area contributed by atoms with Gasteiger partial charge in [-0.15, -0.1) is 0 Å². The van der Waals surface area contributed by atoms with Gasteiger partial charge in [0.2, 0.25) is 5.89 Å². The third kappa shape index (κ3) is 4.03. The summed E-state index contributed by atoms with van der Waals surface area (Å²) in [5.41, 5.74) is 5.80.